The van der Waals surface area contributed by atoms with Gasteiger partial charge in [0.2, 0.25) is 35.6 Å². The van der Waals surface area contributed by atoms with Crippen molar-refractivity contribution in [3.63, 3.8) is 0 Å². The molecule has 93 heavy (non-hydrogen) atoms. The van der Waals surface area contributed by atoms with E-state index < -0.39 is 109 Å². The molecule has 1 saturated heterocycles. The number of imide groups is 1. The molecule has 1 unspecified atom stereocenters. The Morgan fingerprint density at radius 1 is 0.860 bits per heavy atom. The van der Waals surface area contributed by atoms with Crippen LogP contribution in [0.4, 0.5) is 17.6 Å². The van der Waals surface area contributed by atoms with E-state index in [4.69, 9.17) is 23.9 Å². The molecule has 5 atom stereocenters. The standard InChI is InChI=1S/C66H77F4N7O16/c1-5-65(89)48-28-52-57-46(33-76(52)62(86)47(48)35-93-64(65)88)56-51(17-16-45-37(3)49(67)29-50(74-57)55(45)56)75(4)63(87)58(66(68,69)70)92-21-19-42(78)30-73-60(84)41(26-38-9-7-6-8-10-38)27-44(80)31-72-53(81)18-15-43(79)34-91-24-23-90-22-20-71-59(83)40-13-11-39(12-14-40)32-77-54(82)25-36(2)61(77)85/h6-10,28-29,36,39-41,51,58,89H,5,11-27,30-35H2,1-4H3,(H,71,83)(H,72,81)(H,73,84)/t36?,39?,40?,41-,51+,58+,65+/m1/s1. The number of fused-ring (bicyclic) bond motifs is 5. The fourth-order valence-electron chi connectivity index (χ4n) is 13.1. The fourth-order valence-corrected chi connectivity index (χ4v) is 13.1. The summed E-state index contributed by atoms with van der Waals surface area (Å²) in [5.74, 6) is -7.81. The molecule has 0 spiro atoms. The first kappa shape index (κ1) is 69.2. The van der Waals surface area contributed by atoms with E-state index in [0.717, 1.165) is 24.8 Å². The van der Waals surface area contributed by atoms with Gasteiger partial charge in [0.05, 0.1) is 74.6 Å². The number of hydrogen-bond donors (Lipinski definition) is 4. The number of carbonyl (C=O) groups excluding carboxylic acids is 10. The lowest BCUT2D eigenvalue weighted by Crippen LogP contribution is -2.48. The maximum absolute atomic E-state index is 15.6. The van der Waals surface area contributed by atoms with Crippen molar-refractivity contribution >= 4 is 69.7 Å². The number of aryl methyl sites for hydroxylation is 1. The molecule has 2 aliphatic carbocycles. The van der Waals surface area contributed by atoms with E-state index in [1.165, 1.54) is 28.5 Å². The summed E-state index contributed by atoms with van der Waals surface area (Å²) in [7, 11) is 1.16. The molecule has 0 bridgehead atoms. The number of esters is 1. The van der Waals surface area contributed by atoms with Gasteiger partial charge in [-0.05, 0) is 92.5 Å². The summed E-state index contributed by atoms with van der Waals surface area (Å²) in [5.41, 5.74) is -0.190. The van der Waals surface area contributed by atoms with Gasteiger partial charge in [-0.1, -0.05) is 44.2 Å². The molecular weight excluding hydrogens is 1220 g/mol. The second kappa shape index (κ2) is 29.9. The highest BCUT2D eigenvalue weighted by atomic mass is 19.4. The van der Waals surface area contributed by atoms with Gasteiger partial charge in [0.25, 0.3) is 11.5 Å². The molecule has 2 aromatic carbocycles. The van der Waals surface area contributed by atoms with E-state index in [0.29, 0.717) is 47.0 Å². The normalized spacial score (nSPS) is 20.5. The summed E-state index contributed by atoms with van der Waals surface area (Å²) in [6, 6.07) is 10.1. The number of pyridine rings is 2. The highest BCUT2D eigenvalue weighted by Crippen LogP contribution is 2.48. The molecular formula is C66H77F4N7O16. The van der Waals surface area contributed by atoms with Crippen molar-refractivity contribution in [1.29, 1.82) is 0 Å². The third kappa shape index (κ3) is 15.8. The highest BCUT2D eigenvalue weighted by molar-refractivity contribution is 6.03. The van der Waals surface area contributed by atoms with Gasteiger partial charge >= 0.3 is 12.1 Å². The number of ketones is 3. The number of Topliss-reactive ketones (excluding diaryl/α,β-unsaturated/α-hetero) is 3. The zero-order valence-corrected chi connectivity index (χ0v) is 52.3. The van der Waals surface area contributed by atoms with E-state index in [1.54, 1.807) is 44.2 Å². The van der Waals surface area contributed by atoms with Crippen molar-refractivity contribution in [3.8, 4) is 11.4 Å². The van der Waals surface area contributed by atoms with Crippen LogP contribution in [0.15, 0.2) is 47.3 Å². The molecule has 0 radical (unpaired) electrons. The van der Waals surface area contributed by atoms with Gasteiger partial charge < -0.3 is 49.5 Å². The number of aliphatic hydroxyl groups is 1. The van der Waals surface area contributed by atoms with Crippen LogP contribution in [0.25, 0.3) is 22.3 Å². The number of rotatable bonds is 30. The van der Waals surface area contributed by atoms with Gasteiger partial charge in [0, 0.05) is 92.6 Å². The Bertz CT molecular complexity index is 3650. The molecule has 5 aliphatic rings. The van der Waals surface area contributed by atoms with E-state index in [9.17, 15) is 71.0 Å². The van der Waals surface area contributed by atoms with E-state index >= 15 is 4.39 Å². The molecule has 6 amide bonds. The van der Waals surface area contributed by atoms with Crippen molar-refractivity contribution in [2.24, 2.45) is 23.7 Å². The predicted octanol–water partition coefficient (Wildman–Crippen LogP) is 4.63. The zero-order chi connectivity index (χ0) is 67.1. The summed E-state index contributed by atoms with van der Waals surface area (Å²) in [6.07, 6.45) is -6.77. The molecule has 9 rings (SSSR count). The monoisotopic (exact) mass is 1300 g/mol. The summed E-state index contributed by atoms with van der Waals surface area (Å²) >= 11 is 0. The number of amides is 6. The SMILES string of the molecule is CC[C@@]1(O)C(=O)OCc2c1cc1n(c2=O)Cc2c-1nc1cc(F)c(C)c3c1c2[C@@H](N(C)C(=O)[C@H](OCCC(=O)CNC(=O)[C@@H](CC(=O)CNC(=O)CCC(=O)COCCOCCNC(=O)C1CCC(CN2C(=O)CC(C)C2=O)CC1)Cc1ccccc1)C(F)(F)F)CC3. The second-order valence-electron chi connectivity index (χ2n) is 24.7. The highest BCUT2D eigenvalue weighted by Gasteiger charge is 2.50. The topological polar surface area (TPSA) is 305 Å². The molecule has 1 saturated carbocycles. The number of benzene rings is 2. The van der Waals surface area contributed by atoms with Gasteiger partial charge in [-0.2, -0.15) is 13.2 Å². The largest absolute Gasteiger partial charge is 0.458 e. The van der Waals surface area contributed by atoms with Crippen LogP contribution in [0.5, 0.6) is 0 Å². The van der Waals surface area contributed by atoms with Crippen LogP contribution < -0.4 is 21.5 Å². The number of nitrogens with zero attached hydrogens (tertiary/aromatic N) is 4. The quantitative estimate of drug-likeness (QED) is 0.0211. The van der Waals surface area contributed by atoms with Gasteiger partial charge in [0.1, 0.15) is 19.0 Å². The van der Waals surface area contributed by atoms with Gasteiger partial charge in [-0.15, -0.1) is 0 Å². The van der Waals surface area contributed by atoms with E-state index in [1.807, 2.05) is 0 Å². The number of ether oxygens (including phenoxy) is 4. The minimum atomic E-state index is -5.29. The lowest BCUT2D eigenvalue weighted by molar-refractivity contribution is -0.224. The Balaban J connectivity index is 0.706. The number of nitrogens with one attached hydrogen (secondary N) is 3. The number of hydrogen-bond acceptors (Lipinski definition) is 17. The summed E-state index contributed by atoms with van der Waals surface area (Å²) in [5, 5.41) is 19.6. The molecule has 3 aliphatic heterocycles. The molecule has 2 fully saturated rings. The van der Waals surface area contributed by atoms with Gasteiger partial charge in [-0.3, -0.25) is 52.8 Å². The van der Waals surface area contributed by atoms with Crippen molar-refractivity contribution in [2.45, 2.75) is 141 Å². The van der Waals surface area contributed by atoms with Crippen LogP contribution in [0.1, 0.15) is 129 Å². The molecule has 23 nitrogen and oxygen atoms in total. The Morgan fingerprint density at radius 3 is 2.28 bits per heavy atom. The molecule has 2 aromatic heterocycles. The van der Waals surface area contributed by atoms with Crippen LogP contribution in [0, 0.1) is 36.4 Å². The molecule has 27 heteroatoms. The fraction of sp³-hybridized carbons (Fsp3) is 0.545. The Morgan fingerprint density at radius 2 is 1.58 bits per heavy atom. The number of carbonyl (C=O) groups is 10. The van der Waals surface area contributed by atoms with E-state index in [2.05, 4.69) is 16.0 Å². The summed E-state index contributed by atoms with van der Waals surface area (Å²) in [4.78, 5) is 150. The lowest BCUT2D eigenvalue weighted by atomic mass is 9.81. The maximum atomic E-state index is 15.6. The molecule has 4 aromatic rings. The number of aromatic nitrogens is 2. The summed E-state index contributed by atoms with van der Waals surface area (Å²) in [6.45, 7) is 2.99. The first-order chi connectivity index (χ1) is 44.3. The maximum Gasteiger partial charge on any atom is 0.423 e. The average molecular weight is 1300 g/mol. The Hall–Kier alpha value is -8.14. The van der Waals surface area contributed by atoms with E-state index in [-0.39, 0.29) is 166 Å². The molecule has 5 heterocycles. The smallest absolute Gasteiger partial charge is 0.423 e. The second-order valence-corrected chi connectivity index (χ2v) is 24.7. The first-order valence-corrected chi connectivity index (χ1v) is 31.5. The summed E-state index contributed by atoms with van der Waals surface area (Å²) < 4.78 is 82.9. The number of likely N-dealkylation sites (tertiary alicyclic amines) is 1. The van der Waals surface area contributed by atoms with Crippen molar-refractivity contribution in [1.82, 2.24) is 35.3 Å². The van der Waals surface area contributed by atoms with Crippen LogP contribution in [-0.4, -0.2) is 162 Å². The third-order valence-electron chi connectivity index (χ3n) is 18.4. The van der Waals surface area contributed by atoms with Crippen molar-refractivity contribution in [2.75, 3.05) is 66.3 Å². The number of alkyl halides is 3. The minimum absolute atomic E-state index is 0.00911. The average Bonchev–Trinajstić information content (AvgIpc) is 1.63. The number of halogens is 4. The van der Waals surface area contributed by atoms with Gasteiger partial charge in [-0.25, -0.2) is 14.2 Å². The first-order valence-electron chi connectivity index (χ1n) is 31.5. The zero-order valence-electron chi connectivity index (χ0n) is 52.3. The Labute approximate surface area is 532 Å². The minimum Gasteiger partial charge on any atom is -0.458 e. The number of cyclic esters (lactones) is 1. The number of likely N-dealkylation sites (N-methyl/N-ethyl adjacent to an activating group) is 1. The van der Waals surface area contributed by atoms with Crippen molar-refractivity contribution in [3.05, 3.63) is 97.6 Å². The third-order valence-corrected chi connectivity index (χ3v) is 18.4. The van der Waals surface area contributed by atoms with Crippen LogP contribution in [0.2, 0.25) is 0 Å². The van der Waals surface area contributed by atoms with Gasteiger partial charge in [0.15, 0.2) is 23.0 Å². The molecule has 500 valence electrons. The lowest BCUT2D eigenvalue weighted by Gasteiger charge is -2.37. The Kier molecular flexibility index (Phi) is 22.2. The van der Waals surface area contributed by atoms with Crippen LogP contribution in [-0.2, 0) is 98.5 Å². The molecule has 4 N–H and O–H groups in total. The van der Waals surface area contributed by atoms with Crippen LogP contribution in [0.3, 0.4) is 0 Å². The predicted molar refractivity (Wildman–Crippen MR) is 323 cm³/mol. The van der Waals surface area contributed by atoms with Crippen LogP contribution >= 0.6 is 0 Å². The van der Waals surface area contributed by atoms with Crippen molar-refractivity contribution < 1.29 is 89.6 Å².